The smallest absolute Gasteiger partial charge is 0.260 e. The Kier molecular flexibility index (Phi) is 6.52. The zero-order chi connectivity index (χ0) is 19.1. The molecule has 1 saturated heterocycles. The van der Waals surface area contributed by atoms with Crippen LogP contribution < -0.4 is 14.2 Å². The van der Waals surface area contributed by atoms with Gasteiger partial charge < -0.3 is 19.1 Å². The Morgan fingerprint density at radius 3 is 2.52 bits per heavy atom. The zero-order valence-corrected chi connectivity index (χ0v) is 15.4. The van der Waals surface area contributed by atoms with Gasteiger partial charge >= 0.3 is 0 Å². The van der Waals surface area contributed by atoms with Gasteiger partial charge in [0.05, 0.1) is 13.7 Å². The molecule has 1 heterocycles. The van der Waals surface area contributed by atoms with E-state index in [-0.39, 0.29) is 30.0 Å². The van der Waals surface area contributed by atoms with Crippen LogP contribution in [0.15, 0.2) is 48.5 Å². The average Bonchev–Trinajstić information content (AvgIpc) is 2.72. The predicted octanol–water partition coefficient (Wildman–Crippen LogP) is 3.53. The average molecular weight is 373 g/mol. The number of ether oxygens (including phenoxy) is 3. The van der Waals surface area contributed by atoms with E-state index >= 15 is 0 Å². The second kappa shape index (κ2) is 9.26. The van der Waals surface area contributed by atoms with Crippen molar-refractivity contribution in [2.75, 3.05) is 33.4 Å². The Balaban J connectivity index is 1.50. The number of rotatable bonds is 7. The Labute approximate surface area is 158 Å². The van der Waals surface area contributed by atoms with Crippen LogP contribution in [0.1, 0.15) is 12.8 Å². The van der Waals surface area contributed by atoms with E-state index in [1.165, 1.54) is 6.07 Å². The van der Waals surface area contributed by atoms with Crippen LogP contribution in [0.5, 0.6) is 17.2 Å². The van der Waals surface area contributed by atoms with Gasteiger partial charge in [0.1, 0.15) is 0 Å². The highest BCUT2D eigenvalue weighted by atomic mass is 19.1. The minimum atomic E-state index is -0.369. The van der Waals surface area contributed by atoms with Gasteiger partial charge in [0.15, 0.2) is 29.7 Å². The van der Waals surface area contributed by atoms with E-state index in [0.29, 0.717) is 31.2 Å². The van der Waals surface area contributed by atoms with E-state index in [0.717, 1.165) is 12.8 Å². The number of halogens is 1. The lowest BCUT2D eigenvalue weighted by molar-refractivity contribution is -0.135. The van der Waals surface area contributed by atoms with E-state index in [4.69, 9.17) is 14.2 Å². The van der Waals surface area contributed by atoms with Crippen LogP contribution in [0, 0.1) is 11.7 Å². The molecule has 6 heteroatoms. The summed E-state index contributed by atoms with van der Waals surface area (Å²) < 4.78 is 30.1. The van der Waals surface area contributed by atoms with Gasteiger partial charge in [-0.05, 0) is 37.1 Å². The van der Waals surface area contributed by atoms with E-state index in [1.807, 2.05) is 12.1 Å². The number of amides is 1. The maximum absolute atomic E-state index is 13.7. The summed E-state index contributed by atoms with van der Waals surface area (Å²) >= 11 is 0. The molecule has 0 saturated carbocycles. The minimum absolute atomic E-state index is 0.0404. The van der Waals surface area contributed by atoms with Crippen LogP contribution in [0.3, 0.4) is 0 Å². The summed E-state index contributed by atoms with van der Waals surface area (Å²) in [4.78, 5) is 14.3. The highest BCUT2D eigenvalue weighted by Gasteiger charge is 2.25. The number of hydrogen-bond acceptors (Lipinski definition) is 4. The van der Waals surface area contributed by atoms with E-state index < -0.39 is 0 Å². The Hall–Kier alpha value is -2.76. The molecule has 27 heavy (non-hydrogen) atoms. The third kappa shape index (κ3) is 5.12. The fourth-order valence-electron chi connectivity index (χ4n) is 3.17. The number of nitrogens with zero attached hydrogens (tertiary/aromatic N) is 1. The maximum atomic E-state index is 13.7. The van der Waals surface area contributed by atoms with E-state index in [2.05, 4.69) is 0 Å². The molecule has 1 aliphatic rings. The molecular formula is C21H24FNO4. The van der Waals surface area contributed by atoms with Gasteiger partial charge in [0.2, 0.25) is 0 Å². The number of benzene rings is 2. The Bertz CT molecular complexity index is 767. The number of carbonyl (C=O) groups excluding carboxylic acids is 1. The fourth-order valence-corrected chi connectivity index (χ4v) is 3.17. The summed E-state index contributed by atoms with van der Waals surface area (Å²) in [6, 6.07) is 13.6. The van der Waals surface area contributed by atoms with Gasteiger partial charge in [-0.2, -0.15) is 0 Å². The lowest BCUT2D eigenvalue weighted by atomic mass is 9.99. The molecule has 1 unspecified atom stereocenters. The molecule has 1 amide bonds. The van der Waals surface area contributed by atoms with Crippen molar-refractivity contribution in [3.63, 3.8) is 0 Å². The summed E-state index contributed by atoms with van der Waals surface area (Å²) in [6.45, 7) is 1.63. The molecule has 1 aliphatic heterocycles. The van der Waals surface area contributed by atoms with Crippen molar-refractivity contribution in [1.29, 1.82) is 0 Å². The van der Waals surface area contributed by atoms with Crippen LogP contribution >= 0.6 is 0 Å². The van der Waals surface area contributed by atoms with E-state index in [9.17, 15) is 9.18 Å². The molecule has 2 aromatic rings. The molecule has 0 aromatic heterocycles. The van der Waals surface area contributed by atoms with Gasteiger partial charge in [-0.25, -0.2) is 4.39 Å². The molecule has 0 spiro atoms. The molecule has 5 nitrogen and oxygen atoms in total. The van der Waals surface area contributed by atoms with Crippen LogP contribution in [0.4, 0.5) is 4.39 Å². The second-order valence-electron chi connectivity index (χ2n) is 6.53. The largest absolute Gasteiger partial charge is 0.493 e. The first-order valence-corrected chi connectivity index (χ1v) is 9.08. The first kappa shape index (κ1) is 19.0. The molecule has 0 radical (unpaired) electrons. The number of para-hydroxylation sites is 3. The van der Waals surface area contributed by atoms with Crippen molar-refractivity contribution in [3.8, 4) is 17.2 Å². The van der Waals surface area contributed by atoms with Gasteiger partial charge in [-0.1, -0.05) is 24.3 Å². The normalized spacial score (nSPS) is 16.7. The maximum Gasteiger partial charge on any atom is 0.260 e. The van der Waals surface area contributed by atoms with Gasteiger partial charge in [0, 0.05) is 19.0 Å². The number of likely N-dealkylation sites (tertiary alicyclic amines) is 1. The Morgan fingerprint density at radius 2 is 1.78 bits per heavy atom. The number of methoxy groups -OCH3 is 1. The lowest BCUT2D eigenvalue weighted by Crippen LogP contribution is -2.43. The number of hydrogen-bond donors (Lipinski definition) is 0. The van der Waals surface area contributed by atoms with E-state index in [1.54, 1.807) is 42.3 Å². The highest BCUT2D eigenvalue weighted by Crippen LogP contribution is 2.26. The van der Waals surface area contributed by atoms with Crippen molar-refractivity contribution in [2.45, 2.75) is 12.8 Å². The molecule has 2 aromatic carbocycles. The van der Waals surface area contributed by atoms with Crippen molar-refractivity contribution < 1.29 is 23.4 Å². The molecule has 0 aliphatic carbocycles. The standard InChI is InChI=1S/C21H24FNO4/c1-25-19-10-4-5-11-20(19)27-15-21(24)23-12-6-7-16(13-23)14-26-18-9-3-2-8-17(18)22/h2-5,8-11,16H,6-7,12-15H2,1H3. The van der Waals surface area contributed by atoms with Crippen molar-refractivity contribution in [1.82, 2.24) is 4.90 Å². The quantitative estimate of drug-likeness (QED) is 0.745. The second-order valence-corrected chi connectivity index (χ2v) is 6.53. The molecule has 1 atom stereocenters. The first-order chi connectivity index (χ1) is 13.2. The first-order valence-electron chi connectivity index (χ1n) is 9.08. The van der Waals surface area contributed by atoms with Crippen LogP contribution in [0.2, 0.25) is 0 Å². The highest BCUT2D eigenvalue weighted by molar-refractivity contribution is 5.78. The van der Waals surface area contributed by atoms with Crippen LogP contribution in [-0.4, -0.2) is 44.2 Å². The lowest BCUT2D eigenvalue weighted by Gasteiger charge is -2.32. The van der Waals surface area contributed by atoms with Crippen molar-refractivity contribution in [3.05, 3.63) is 54.3 Å². The third-order valence-electron chi connectivity index (χ3n) is 4.60. The monoisotopic (exact) mass is 373 g/mol. The number of carbonyl (C=O) groups is 1. The van der Waals surface area contributed by atoms with Gasteiger partial charge in [0.25, 0.3) is 5.91 Å². The Morgan fingerprint density at radius 1 is 1.07 bits per heavy atom. The summed E-state index contributed by atoms with van der Waals surface area (Å²) in [6.07, 6.45) is 1.84. The molecule has 144 valence electrons. The summed E-state index contributed by atoms with van der Waals surface area (Å²) in [5.41, 5.74) is 0. The van der Waals surface area contributed by atoms with Crippen LogP contribution in [-0.2, 0) is 4.79 Å². The van der Waals surface area contributed by atoms with Crippen molar-refractivity contribution >= 4 is 5.91 Å². The molecule has 1 fully saturated rings. The fraction of sp³-hybridized carbons (Fsp3) is 0.381. The zero-order valence-electron chi connectivity index (χ0n) is 15.4. The van der Waals surface area contributed by atoms with Crippen molar-refractivity contribution in [2.24, 2.45) is 5.92 Å². The van der Waals surface area contributed by atoms with Crippen LogP contribution in [0.25, 0.3) is 0 Å². The number of piperidine rings is 1. The molecule has 3 rings (SSSR count). The topological polar surface area (TPSA) is 48.0 Å². The molecule has 0 bridgehead atoms. The molecule has 0 N–H and O–H groups in total. The van der Waals surface area contributed by atoms with Gasteiger partial charge in [-0.3, -0.25) is 4.79 Å². The molecular weight excluding hydrogens is 349 g/mol. The SMILES string of the molecule is COc1ccccc1OCC(=O)N1CCCC(COc2ccccc2F)C1. The third-order valence-corrected chi connectivity index (χ3v) is 4.60. The minimum Gasteiger partial charge on any atom is -0.493 e. The van der Waals surface area contributed by atoms with Gasteiger partial charge in [-0.15, -0.1) is 0 Å². The summed E-state index contributed by atoms with van der Waals surface area (Å²) in [7, 11) is 1.56. The summed E-state index contributed by atoms with van der Waals surface area (Å²) in [5, 5.41) is 0. The predicted molar refractivity (Wildman–Crippen MR) is 99.7 cm³/mol. The summed E-state index contributed by atoms with van der Waals surface area (Å²) in [5.74, 6) is 1.13.